The van der Waals surface area contributed by atoms with Gasteiger partial charge in [0, 0.05) is 38.4 Å². The highest BCUT2D eigenvalue weighted by molar-refractivity contribution is 5.88. The van der Waals surface area contributed by atoms with E-state index >= 15 is 0 Å². The monoisotopic (exact) mass is 371 g/mol. The lowest BCUT2D eigenvalue weighted by Crippen LogP contribution is -2.45. The molecule has 0 aromatic carbocycles. The van der Waals surface area contributed by atoms with E-state index < -0.39 is 5.60 Å². The number of anilines is 1. The summed E-state index contributed by atoms with van der Waals surface area (Å²) in [7, 11) is 1.76. The summed E-state index contributed by atoms with van der Waals surface area (Å²) in [4.78, 5) is 25.1. The summed E-state index contributed by atoms with van der Waals surface area (Å²) in [5.74, 6) is 0.0574. The fraction of sp³-hybridized carbons (Fsp3) is 0.550. The molecular weight excluding hydrogens is 342 g/mol. The topological polar surface area (TPSA) is 95.6 Å². The van der Waals surface area contributed by atoms with Gasteiger partial charge in [0.05, 0.1) is 17.7 Å². The molecule has 7 heteroatoms. The van der Waals surface area contributed by atoms with Crippen molar-refractivity contribution in [2.45, 2.75) is 38.2 Å². The van der Waals surface area contributed by atoms with E-state index in [2.05, 4.69) is 14.9 Å². The number of amides is 1. The second-order valence-electron chi connectivity index (χ2n) is 7.54. The number of carbonyl (C=O) groups excluding carboxylic acids is 1. The van der Waals surface area contributed by atoms with Crippen molar-refractivity contribution >= 4 is 22.6 Å². The van der Waals surface area contributed by atoms with Gasteiger partial charge in [-0.25, -0.2) is 4.98 Å². The molecule has 0 radical (unpaired) electrons. The van der Waals surface area contributed by atoms with E-state index in [1.165, 1.54) is 0 Å². The van der Waals surface area contributed by atoms with E-state index in [1.54, 1.807) is 18.1 Å². The Hall–Kier alpha value is -2.25. The maximum absolute atomic E-state index is 12.3. The molecule has 0 saturated carbocycles. The van der Waals surface area contributed by atoms with Crippen LogP contribution in [0.3, 0.4) is 0 Å². The third kappa shape index (κ3) is 4.54. The Morgan fingerprint density at radius 1 is 1.37 bits per heavy atom. The first-order valence-electron chi connectivity index (χ1n) is 9.56. The van der Waals surface area contributed by atoms with Crippen LogP contribution in [0, 0.1) is 6.92 Å². The van der Waals surface area contributed by atoms with Gasteiger partial charge >= 0.3 is 0 Å². The van der Waals surface area contributed by atoms with Crippen molar-refractivity contribution in [1.82, 2.24) is 14.9 Å². The van der Waals surface area contributed by atoms with Crippen LogP contribution in [0.25, 0.3) is 11.0 Å². The van der Waals surface area contributed by atoms with Crippen LogP contribution in [0.5, 0.6) is 0 Å². The lowest BCUT2D eigenvalue weighted by Gasteiger charge is -2.29. The van der Waals surface area contributed by atoms with Gasteiger partial charge in [-0.3, -0.25) is 9.78 Å². The number of carbonyl (C=O) groups is 1. The molecule has 0 unspecified atom stereocenters. The molecule has 1 saturated heterocycles. The minimum absolute atomic E-state index is 0.0574. The number of β-amino-alcohol motifs (C(OH)–C–C–N with tert-alkyl or cyclic N) is 1. The van der Waals surface area contributed by atoms with Gasteiger partial charge in [0.2, 0.25) is 5.91 Å². The molecular formula is C20H29N5O2. The number of nitrogens with zero attached hydrogens (tertiary/aromatic N) is 4. The molecule has 3 N–H and O–H groups in total. The highest BCUT2D eigenvalue weighted by atomic mass is 16.3. The van der Waals surface area contributed by atoms with Crippen LogP contribution >= 0.6 is 0 Å². The number of likely N-dealkylation sites (N-methyl/N-ethyl adjacent to an activating group) is 1. The van der Waals surface area contributed by atoms with Gasteiger partial charge in [0.15, 0.2) is 0 Å². The van der Waals surface area contributed by atoms with Crippen molar-refractivity contribution in [2.75, 3.05) is 38.1 Å². The molecule has 0 spiro atoms. The smallest absolute Gasteiger partial charge is 0.222 e. The van der Waals surface area contributed by atoms with Crippen LogP contribution in [-0.2, 0) is 4.79 Å². The van der Waals surface area contributed by atoms with Crippen molar-refractivity contribution in [3.63, 3.8) is 0 Å². The zero-order valence-electron chi connectivity index (χ0n) is 16.2. The summed E-state index contributed by atoms with van der Waals surface area (Å²) in [6.07, 6.45) is 4.51. The molecule has 1 fully saturated rings. The summed E-state index contributed by atoms with van der Waals surface area (Å²) in [5.41, 5.74) is 8.19. The molecule has 0 aliphatic carbocycles. The highest BCUT2D eigenvalue weighted by Crippen LogP contribution is 2.31. The molecule has 146 valence electrons. The van der Waals surface area contributed by atoms with Crippen LogP contribution < -0.4 is 10.6 Å². The summed E-state index contributed by atoms with van der Waals surface area (Å²) in [6, 6.07) is 5.87. The van der Waals surface area contributed by atoms with E-state index in [0.717, 1.165) is 41.8 Å². The van der Waals surface area contributed by atoms with Crippen molar-refractivity contribution in [3.8, 4) is 0 Å². The zero-order valence-corrected chi connectivity index (χ0v) is 16.2. The Bertz CT molecular complexity index is 812. The van der Waals surface area contributed by atoms with Crippen molar-refractivity contribution in [2.24, 2.45) is 5.73 Å². The lowest BCUT2D eigenvalue weighted by molar-refractivity contribution is -0.132. The number of nitrogens with two attached hydrogens (primary N) is 1. The fourth-order valence-corrected chi connectivity index (χ4v) is 3.70. The van der Waals surface area contributed by atoms with Gasteiger partial charge in [0.1, 0.15) is 11.1 Å². The Labute approximate surface area is 160 Å². The van der Waals surface area contributed by atoms with E-state index in [4.69, 9.17) is 5.73 Å². The molecule has 1 amide bonds. The molecule has 2 aromatic heterocycles. The van der Waals surface area contributed by atoms with Crippen LogP contribution in [0.2, 0.25) is 0 Å². The van der Waals surface area contributed by atoms with Gasteiger partial charge in [-0.2, -0.15) is 0 Å². The van der Waals surface area contributed by atoms with Gasteiger partial charge in [-0.1, -0.05) is 0 Å². The second kappa shape index (κ2) is 8.19. The summed E-state index contributed by atoms with van der Waals surface area (Å²) >= 11 is 0. The Balaban J connectivity index is 1.69. The molecule has 1 aliphatic heterocycles. The van der Waals surface area contributed by atoms with Crippen LogP contribution in [-0.4, -0.2) is 64.7 Å². The SMILES string of the molecule is Cc1ccc2nccc(N3CC[C@@](O)(CN(C)C(=O)CCCCN)C3)c2n1. The summed E-state index contributed by atoms with van der Waals surface area (Å²) < 4.78 is 0. The molecule has 27 heavy (non-hydrogen) atoms. The number of unbranched alkanes of at least 4 members (excludes halogenated alkanes) is 1. The molecule has 0 bridgehead atoms. The average Bonchev–Trinajstić information content (AvgIpc) is 3.02. The first kappa shape index (κ1) is 19.5. The second-order valence-corrected chi connectivity index (χ2v) is 7.54. The maximum Gasteiger partial charge on any atom is 0.222 e. The average molecular weight is 371 g/mol. The first-order valence-corrected chi connectivity index (χ1v) is 9.56. The summed E-state index contributed by atoms with van der Waals surface area (Å²) in [6.45, 7) is 4.09. The van der Waals surface area contributed by atoms with Crippen molar-refractivity contribution in [3.05, 3.63) is 30.1 Å². The molecule has 7 nitrogen and oxygen atoms in total. The van der Waals surface area contributed by atoms with Crippen LogP contribution in [0.1, 0.15) is 31.4 Å². The van der Waals surface area contributed by atoms with Gasteiger partial charge in [-0.15, -0.1) is 0 Å². The lowest BCUT2D eigenvalue weighted by atomic mass is 10.0. The predicted molar refractivity (Wildman–Crippen MR) is 107 cm³/mol. The minimum Gasteiger partial charge on any atom is -0.386 e. The molecule has 2 aromatic rings. The standard InChI is InChI=1S/C20H29N5O2/c1-15-6-7-16-19(23-15)17(8-11-22-16)25-12-9-20(27,14-25)13-24(2)18(26)5-3-4-10-21/h6-8,11,27H,3-5,9-10,12-14,21H2,1-2H3/t20-/m1/s1. The Morgan fingerprint density at radius 3 is 2.96 bits per heavy atom. The number of aromatic nitrogens is 2. The van der Waals surface area contributed by atoms with Crippen molar-refractivity contribution in [1.29, 1.82) is 0 Å². The number of hydrogen-bond donors (Lipinski definition) is 2. The number of aliphatic hydroxyl groups is 1. The van der Waals surface area contributed by atoms with E-state index in [-0.39, 0.29) is 5.91 Å². The molecule has 3 rings (SSSR count). The van der Waals surface area contributed by atoms with Gasteiger partial charge in [0.25, 0.3) is 0 Å². The fourth-order valence-electron chi connectivity index (χ4n) is 3.70. The van der Waals surface area contributed by atoms with E-state index in [1.807, 2.05) is 25.1 Å². The quantitative estimate of drug-likeness (QED) is 0.716. The Kier molecular flexibility index (Phi) is 5.92. The van der Waals surface area contributed by atoms with Crippen LogP contribution in [0.15, 0.2) is 24.4 Å². The molecule has 3 heterocycles. The number of hydrogen-bond acceptors (Lipinski definition) is 6. The Morgan fingerprint density at radius 2 is 2.19 bits per heavy atom. The number of fused-ring (bicyclic) bond motifs is 1. The predicted octanol–water partition coefficient (Wildman–Crippen LogP) is 1.47. The molecule has 1 atom stereocenters. The van der Waals surface area contributed by atoms with Gasteiger partial charge < -0.3 is 20.6 Å². The van der Waals surface area contributed by atoms with E-state index in [0.29, 0.717) is 32.5 Å². The first-order chi connectivity index (χ1) is 12.9. The van der Waals surface area contributed by atoms with Crippen molar-refractivity contribution < 1.29 is 9.90 Å². The largest absolute Gasteiger partial charge is 0.386 e. The normalized spacial score (nSPS) is 19.6. The van der Waals surface area contributed by atoms with Gasteiger partial charge in [-0.05, 0) is 50.9 Å². The number of rotatable bonds is 7. The zero-order chi connectivity index (χ0) is 19.4. The van der Waals surface area contributed by atoms with Crippen LogP contribution in [0.4, 0.5) is 5.69 Å². The minimum atomic E-state index is -0.919. The molecule has 1 aliphatic rings. The number of aryl methyl sites for hydroxylation is 1. The third-order valence-corrected chi connectivity index (χ3v) is 5.18. The number of pyridine rings is 2. The highest BCUT2D eigenvalue weighted by Gasteiger charge is 2.38. The van der Waals surface area contributed by atoms with E-state index in [9.17, 15) is 9.90 Å². The third-order valence-electron chi connectivity index (χ3n) is 5.18. The summed E-state index contributed by atoms with van der Waals surface area (Å²) in [5, 5.41) is 11.0. The maximum atomic E-state index is 12.3.